The quantitative estimate of drug-likeness (QED) is 0.534. The second-order valence-electron chi connectivity index (χ2n) is 8.09. The van der Waals surface area contributed by atoms with E-state index in [4.69, 9.17) is 4.42 Å². The number of nitrogens with one attached hydrogen (secondary N) is 2. The fraction of sp³-hybridized carbons (Fsp3) is 0.320. The molecular formula is C25H27N3O4S. The summed E-state index contributed by atoms with van der Waals surface area (Å²) in [5, 5.41) is 7.67. The van der Waals surface area contributed by atoms with E-state index in [1.165, 1.54) is 11.3 Å². The number of carbonyl (C=O) groups is 3. The van der Waals surface area contributed by atoms with Crippen molar-refractivity contribution in [3.63, 3.8) is 0 Å². The Labute approximate surface area is 196 Å². The monoisotopic (exact) mass is 465 g/mol. The highest BCUT2D eigenvalue weighted by Crippen LogP contribution is 2.20. The van der Waals surface area contributed by atoms with Crippen LogP contribution in [-0.4, -0.2) is 41.8 Å². The van der Waals surface area contributed by atoms with E-state index in [-0.39, 0.29) is 23.6 Å². The predicted molar refractivity (Wildman–Crippen MR) is 126 cm³/mol. The third kappa shape index (κ3) is 6.10. The molecule has 33 heavy (non-hydrogen) atoms. The van der Waals surface area contributed by atoms with E-state index in [0.29, 0.717) is 49.5 Å². The van der Waals surface area contributed by atoms with Crippen LogP contribution in [0.3, 0.4) is 0 Å². The average molecular weight is 466 g/mol. The van der Waals surface area contributed by atoms with Crippen molar-refractivity contribution in [3.05, 3.63) is 82.4 Å². The molecule has 1 saturated heterocycles. The van der Waals surface area contributed by atoms with Crippen LogP contribution in [0.25, 0.3) is 0 Å². The minimum absolute atomic E-state index is 0.0228. The normalized spacial score (nSPS) is 15.1. The molecule has 3 heterocycles. The molecule has 1 atom stereocenters. The number of amides is 3. The molecule has 7 nitrogen and oxygen atoms in total. The number of benzene rings is 1. The number of hydrogen-bond acceptors (Lipinski definition) is 5. The molecule has 172 valence electrons. The molecule has 3 aromatic rings. The highest BCUT2D eigenvalue weighted by atomic mass is 32.1. The van der Waals surface area contributed by atoms with Gasteiger partial charge in [0.15, 0.2) is 0 Å². The Morgan fingerprint density at radius 3 is 2.48 bits per heavy atom. The van der Waals surface area contributed by atoms with Gasteiger partial charge < -0.3 is 20.0 Å². The van der Waals surface area contributed by atoms with Crippen LogP contribution in [-0.2, 0) is 22.6 Å². The van der Waals surface area contributed by atoms with E-state index in [1.807, 2.05) is 47.8 Å². The Morgan fingerprint density at radius 2 is 1.82 bits per heavy atom. The number of rotatable bonds is 8. The van der Waals surface area contributed by atoms with Crippen molar-refractivity contribution in [2.75, 3.05) is 13.1 Å². The molecule has 1 aliphatic rings. The molecule has 1 unspecified atom stereocenters. The van der Waals surface area contributed by atoms with Crippen molar-refractivity contribution in [1.29, 1.82) is 0 Å². The van der Waals surface area contributed by atoms with E-state index in [1.54, 1.807) is 23.3 Å². The van der Waals surface area contributed by atoms with E-state index < -0.39 is 6.04 Å². The number of thiophene rings is 1. The molecule has 0 aliphatic carbocycles. The largest absolute Gasteiger partial charge is 0.467 e. The molecule has 0 radical (unpaired) electrons. The van der Waals surface area contributed by atoms with Gasteiger partial charge in [-0.1, -0.05) is 36.4 Å². The van der Waals surface area contributed by atoms with Gasteiger partial charge in [-0.2, -0.15) is 0 Å². The number of carbonyl (C=O) groups excluding carboxylic acids is 3. The lowest BCUT2D eigenvalue weighted by Crippen LogP contribution is -2.52. The number of piperidine rings is 1. The Kier molecular flexibility index (Phi) is 7.57. The van der Waals surface area contributed by atoms with Gasteiger partial charge in [-0.05, 0) is 42.0 Å². The molecule has 0 saturated carbocycles. The van der Waals surface area contributed by atoms with Gasteiger partial charge in [0.1, 0.15) is 11.8 Å². The lowest BCUT2D eigenvalue weighted by atomic mass is 9.94. The predicted octanol–water partition coefficient (Wildman–Crippen LogP) is 3.24. The van der Waals surface area contributed by atoms with E-state index in [0.717, 1.165) is 5.56 Å². The highest BCUT2D eigenvalue weighted by Gasteiger charge is 2.32. The minimum Gasteiger partial charge on any atom is -0.467 e. The molecule has 0 bridgehead atoms. The van der Waals surface area contributed by atoms with Gasteiger partial charge in [0.2, 0.25) is 11.8 Å². The summed E-state index contributed by atoms with van der Waals surface area (Å²) < 4.78 is 5.25. The first-order chi connectivity index (χ1) is 16.1. The van der Waals surface area contributed by atoms with Crippen LogP contribution in [0.5, 0.6) is 0 Å². The molecule has 8 heteroatoms. The topological polar surface area (TPSA) is 91.7 Å². The Balaban J connectivity index is 1.35. The fourth-order valence-electron chi connectivity index (χ4n) is 4.00. The standard InChI is InChI=1S/C25H27N3O4S/c29-23(26-17-20-8-4-14-32-20)19-10-12-28(13-11-19)25(31)21(16-18-6-2-1-3-7-18)27-24(30)22-9-5-15-33-22/h1-9,14-15,19,21H,10-13,16-17H2,(H,26,29)(H,27,30). The first-order valence-electron chi connectivity index (χ1n) is 11.1. The van der Waals surface area contributed by atoms with Gasteiger partial charge in [0.25, 0.3) is 5.91 Å². The Morgan fingerprint density at radius 1 is 1.03 bits per heavy atom. The van der Waals surface area contributed by atoms with Crippen molar-refractivity contribution in [1.82, 2.24) is 15.5 Å². The zero-order chi connectivity index (χ0) is 23.0. The summed E-state index contributed by atoms with van der Waals surface area (Å²) in [4.78, 5) is 40.9. The van der Waals surface area contributed by atoms with Crippen molar-refractivity contribution < 1.29 is 18.8 Å². The third-order valence-electron chi connectivity index (χ3n) is 5.83. The summed E-state index contributed by atoms with van der Waals surface area (Å²) in [7, 11) is 0. The first-order valence-corrected chi connectivity index (χ1v) is 12.0. The number of furan rings is 1. The molecule has 3 amide bonds. The zero-order valence-corrected chi connectivity index (χ0v) is 19.1. The van der Waals surface area contributed by atoms with Gasteiger partial charge in [0.05, 0.1) is 17.7 Å². The third-order valence-corrected chi connectivity index (χ3v) is 6.69. The van der Waals surface area contributed by atoms with Crippen LogP contribution in [0, 0.1) is 5.92 Å². The zero-order valence-electron chi connectivity index (χ0n) is 18.2. The van der Waals surface area contributed by atoms with Crippen molar-refractivity contribution in [2.45, 2.75) is 31.8 Å². The lowest BCUT2D eigenvalue weighted by Gasteiger charge is -2.34. The second-order valence-corrected chi connectivity index (χ2v) is 9.04. The summed E-state index contributed by atoms with van der Waals surface area (Å²) in [5.74, 6) is 0.188. The average Bonchev–Trinajstić information content (AvgIpc) is 3.57. The van der Waals surface area contributed by atoms with E-state index in [9.17, 15) is 14.4 Å². The van der Waals surface area contributed by atoms with Gasteiger partial charge >= 0.3 is 0 Å². The second kappa shape index (κ2) is 11.0. The minimum atomic E-state index is -0.661. The van der Waals surface area contributed by atoms with E-state index in [2.05, 4.69) is 10.6 Å². The van der Waals surface area contributed by atoms with Crippen LogP contribution in [0.2, 0.25) is 0 Å². The lowest BCUT2D eigenvalue weighted by molar-refractivity contribution is -0.137. The highest BCUT2D eigenvalue weighted by molar-refractivity contribution is 7.12. The maximum Gasteiger partial charge on any atom is 0.262 e. The van der Waals surface area contributed by atoms with Crippen LogP contribution < -0.4 is 10.6 Å². The Hall–Kier alpha value is -3.39. The summed E-state index contributed by atoms with van der Waals surface area (Å²) in [6.07, 6.45) is 3.17. The number of likely N-dealkylation sites (tertiary alicyclic amines) is 1. The smallest absolute Gasteiger partial charge is 0.262 e. The molecule has 2 aromatic heterocycles. The molecule has 1 aliphatic heterocycles. The number of nitrogens with zero attached hydrogens (tertiary/aromatic N) is 1. The van der Waals surface area contributed by atoms with Crippen molar-refractivity contribution in [3.8, 4) is 0 Å². The van der Waals surface area contributed by atoms with Crippen molar-refractivity contribution >= 4 is 29.1 Å². The van der Waals surface area contributed by atoms with Gasteiger partial charge in [-0.15, -0.1) is 11.3 Å². The maximum atomic E-state index is 13.4. The van der Waals surface area contributed by atoms with Crippen LogP contribution in [0.4, 0.5) is 0 Å². The molecule has 4 rings (SSSR count). The van der Waals surface area contributed by atoms with Gasteiger partial charge in [-0.25, -0.2) is 0 Å². The van der Waals surface area contributed by atoms with Crippen LogP contribution in [0.1, 0.15) is 33.8 Å². The van der Waals surface area contributed by atoms with Gasteiger partial charge in [0, 0.05) is 25.4 Å². The Bertz CT molecular complexity index is 1040. The summed E-state index contributed by atoms with van der Waals surface area (Å²) >= 11 is 1.35. The molecule has 2 N–H and O–H groups in total. The number of hydrogen-bond donors (Lipinski definition) is 2. The van der Waals surface area contributed by atoms with Crippen molar-refractivity contribution in [2.24, 2.45) is 5.92 Å². The molecule has 1 fully saturated rings. The molecule has 0 spiro atoms. The van der Waals surface area contributed by atoms with Crippen LogP contribution in [0.15, 0.2) is 70.7 Å². The van der Waals surface area contributed by atoms with Gasteiger partial charge in [-0.3, -0.25) is 14.4 Å². The fourth-order valence-corrected chi connectivity index (χ4v) is 4.63. The maximum absolute atomic E-state index is 13.4. The summed E-state index contributed by atoms with van der Waals surface area (Å²) in [6, 6.07) is 16.2. The first kappa shape index (κ1) is 22.8. The summed E-state index contributed by atoms with van der Waals surface area (Å²) in [6.45, 7) is 1.33. The van der Waals surface area contributed by atoms with Crippen LogP contribution >= 0.6 is 11.3 Å². The summed E-state index contributed by atoms with van der Waals surface area (Å²) in [5.41, 5.74) is 0.981. The molecular weight excluding hydrogens is 438 g/mol. The molecule has 1 aromatic carbocycles. The van der Waals surface area contributed by atoms with E-state index >= 15 is 0 Å². The SMILES string of the molecule is O=C(NC(Cc1ccccc1)C(=O)N1CCC(C(=O)NCc2ccco2)CC1)c1cccs1.